The van der Waals surface area contributed by atoms with Crippen LogP contribution in [-0.2, 0) is 0 Å². The van der Waals surface area contributed by atoms with E-state index < -0.39 is 11.5 Å². The van der Waals surface area contributed by atoms with Gasteiger partial charge < -0.3 is 9.73 Å². The van der Waals surface area contributed by atoms with E-state index in [9.17, 15) is 9.59 Å². The minimum absolute atomic E-state index is 0.0611. The van der Waals surface area contributed by atoms with Gasteiger partial charge in [-0.15, -0.1) is 11.3 Å². The van der Waals surface area contributed by atoms with Crippen molar-refractivity contribution in [3.63, 3.8) is 0 Å². The normalized spacial score (nSPS) is 10.3. The monoisotopic (exact) mass is 299 g/mol. The first-order valence-electron chi connectivity index (χ1n) is 5.99. The molecule has 0 aliphatic heterocycles. The zero-order valence-corrected chi connectivity index (χ0v) is 11.5. The van der Waals surface area contributed by atoms with Gasteiger partial charge in [0.2, 0.25) is 0 Å². The van der Waals surface area contributed by atoms with Gasteiger partial charge in [-0.3, -0.25) is 9.78 Å². The predicted octanol–water partition coefficient (Wildman–Crippen LogP) is 2.41. The van der Waals surface area contributed by atoms with E-state index in [2.05, 4.69) is 15.3 Å². The second-order valence-corrected chi connectivity index (χ2v) is 4.97. The average molecular weight is 299 g/mol. The summed E-state index contributed by atoms with van der Waals surface area (Å²) in [6, 6.07) is 6.86. The van der Waals surface area contributed by atoms with E-state index in [0.29, 0.717) is 5.76 Å². The van der Waals surface area contributed by atoms with Crippen LogP contribution in [0.1, 0.15) is 10.5 Å². The standard InChI is InChI=1S/C14H9N3O3S/c18-13(10-8-15-5-6-16-10)17-9-3-4-11(20-14(9)19)12-2-1-7-21-12/h1-8H,(H,17,18). The molecule has 0 bridgehead atoms. The van der Waals surface area contributed by atoms with E-state index in [1.165, 1.54) is 36.0 Å². The number of nitrogens with zero attached hydrogens (tertiary/aromatic N) is 2. The molecule has 0 radical (unpaired) electrons. The summed E-state index contributed by atoms with van der Waals surface area (Å²) in [5.74, 6) is -0.0493. The summed E-state index contributed by atoms with van der Waals surface area (Å²) in [7, 11) is 0. The molecular weight excluding hydrogens is 290 g/mol. The minimum Gasteiger partial charge on any atom is -0.420 e. The highest BCUT2D eigenvalue weighted by atomic mass is 32.1. The first kappa shape index (κ1) is 13.2. The van der Waals surface area contributed by atoms with Gasteiger partial charge in [-0.1, -0.05) is 6.07 Å². The number of hydrogen-bond donors (Lipinski definition) is 1. The molecule has 0 spiro atoms. The topological polar surface area (TPSA) is 85.1 Å². The van der Waals surface area contributed by atoms with Gasteiger partial charge in [-0.2, -0.15) is 0 Å². The molecule has 1 amide bonds. The highest BCUT2D eigenvalue weighted by Gasteiger charge is 2.12. The highest BCUT2D eigenvalue weighted by Crippen LogP contribution is 2.23. The van der Waals surface area contributed by atoms with Crippen molar-refractivity contribution in [3.8, 4) is 10.6 Å². The number of amides is 1. The van der Waals surface area contributed by atoms with Gasteiger partial charge >= 0.3 is 5.63 Å². The van der Waals surface area contributed by atoms with Crippen LogP contribution < -0.4 is 10.9 Å². The molecule has 3 heterocycles. The first-order valence-corrected chi connectivity index (χ1v) is 6.87. The third-order valence-corrected chi connectivity index (χ3v) is 3.52. The van der Waals surface area contributed by atoms with Gasteiger partial charge in [0.1, 0.15) is 17.1 Å². The van der Waals surface area contributed by atoms with Crippen molar-refractivity contribution in [1.29, 1.82) is 0 Å². The van der Waals surface area contributed by atoms with Gasteiger partial charge in [-0.25, -0.2) is 9.78 Å². The number of aromatic nitrogens is 2. The number of thiophene rings is 1. The fourth-order valence-corrected chi connectivity index (χ4v) is 2.35. The van der Waals surface area contributed by atoms with Crippen LogP contribution in [0.4, 0.5) is 5.69 Å². The Morgan fingerprint density at radius 2 is 2.14 bits per heavy atom. The lowest BCUT2D eigenvalue weighted by atomic mass is 10.3. The number of anilines is 1. The maximum absolute atomic E-state index is 11.9. The molecule has 7 heteroatoms. The molecule has 6 nitrogen and oxygen atoms in total. The summed E-state index contributed by atoms with van der Waals surface area (Å²) in [4.78, 5) is 32.3. The minimum atomic E-state index is -0.613. The lowest BCUT2D eigenvalue weighted by Gasteiger charge is -2.03. The van der Waals surface area contributed by atoms with Crippen LogP contribution in [0.15, 0.2) is 57.4 Å². The molecule has 0 atom stereocenters. The Kier molecular flexibility index (Phi) is 3.57. The summed E-state index contributed by atoms with van der Waals surface area (Å²) in [5, 5.41) is 4.34. The van der Waals surface area contributed by atoms with E-state index in [0.717, 1.165) is 4.88 Å². The fraction of sp³-hybridized carbons (Fsp3) is 0. The van der Waals surface area contributed by atoms with Crippen LogP contribution in [0.25, 0.3) is 10.6 Å². The molecule has 1 N–H and O–H groups in total. The fourth-order valence-electron chi connectivity index (χ4n) is 1.66. The Morgan fingerprint density at radius 3 is 2.81 bits per heavy atom. The van der Waals surface area contributed by atoms with Crippen molar-refractivity contribution in [2.24, 2.45) is 0 Å². The number of rotatable bonds is 3. The lowest BCUT2D eigenvalue weighted by Crippen LogP contribution is -2.18. The van der Waals surface area contributed by atoms with Crippen molar-refractivity contribution in [2.45, 2.75) is 0 Å². The maximum atomic E-state index is 11.9. The van der Waals surface area contributed by atoms with Crippen LogP contribution in [0, 0.1) is 0 Å². The third-order valence-electron chi connectivity index (χ3n) is 2.63. The Labute approximate surface area is 123 Å². The summed E-state index contributed by atoms with van der Waals surface area (Å²) >= 11 is 1.46. The first-order chi connectivity index (χ1) is 10.2. The van der Waals surface area contributed by atoms with Crippen LogP contribution in [-0.4, -0.2) is 15.9 Å². The van der Waals surface area contributed by atoms with Crippen LogP contribution in [0.5, 0.6) is 0 Å². The summed E-state index contributed by atoms with van der Waals surface area (Å²) < 4.78 is 5.19. The summed E-state index contributed by atoms with van der Waals surface area (Å²) in [6.07, 6.45) is 4.18. The smallest absolute Gasteiger partial charge is 0.360 e. The van der Waals surface area contributed by atoms with Gasteiger partial charge in [0.05, 0.1) is 11.1 Å². The maximum Gasteiger partial charge on any atom is 0.360 e. The SMILES string of the molecule is O=C(Nc1ccc(-c2cccs2)oc1=O)c1cnccn1. The molecule has 3 rings (SSSR count). The molecule has 0 aliphatic rings. The Morgan fingerprint density at radius 1 is 1.24 bits per heavy atom. The number of nitrogens with one attached hydrogen (secondary N) is 1. The Bertz CT molecular complexity index is 813. The number of carbonyl (C=O) groups is 1. The van der Waals surface area contributed by atoms with E-state index in [1.54, 1.807) is 6.07 Å². The van der Waals surface area contributed by atoms with Gasteiger partial charge in [-0.05, 0) is 23.6 Å². The summed E-state index contributed by atoms with van der Waals surface area (Å²) in [6.45, 7) is 0. The molecule has 21 heavy (non-hydrogen) atoms. The second-order valence-electron chi connectivity index (χ2n) is 4.02. The van der Waals surface area contributed by atoms with Gasteiger partial charge in [0, 0.05) is 12.4 Å². The van der Waals surface area contributed by atoms with Crippen molar-refractivity contribution >= 4 is 22.9 Å². The molecule has 3 aromatic heterocycles. The predicted molar refractivity (Wildman–Crippen MR) is 78.3 cm³/mol. The molecule has 0 saturated heterocycles. The second kappa shape index (κ2) is 5.68. The molecule has 3 aromatic rings. The molecule has 0 fully saturated rings. The van der Waals surface area contributed by atoms with Crippen molar-refractivity contribution in [3.05, 3.63) is 64.4 Å². The highest BCUT2D eigenvalue weighted by molar-refractivity contribution is 7.13. The Hall–Kier alpha value is -2.80. The van der Waals surface area contributed by atoms with Crippen molar-refractivity contribution < 1.29 is 9.21 Å². The molecule has 0 aromatic carbocycles. The molecule has 0 saturated carbocycles. The third kappa shape index (κ3) is 2.87. The van der Waals surface area contributed by atoms with Crippen LogP contribution in [0.2, 0.25) is 0 Å². The van der Waals surface area contributed by atoms with E-state index in [-0.39, 0.29) is 11.4 Å². The molecule has 0 unspecified atom stereocenters. The molecule has 0 aliphatic carbocycles. The Balaban J connectivity index is 1.84. The summed E-state index contributed by atoms with van der Waals surface area (Å²) in [5.41, 5.74) is -0.427. The van der Waals surface area contributed by atoms with E-state index in [1.807, 2.05) is 17.5 Å². The zero-order valence-electron chi connectivity index (χ0n) is 10.6. The zero-order chi connectivity index (χ0) is 14.7. The van der Waals surface area contributed by atoms with Crippen molar-refractivity contribution in [2.75, 3.05) is 5.32 Å². The van der Waals surface area contributed by atoms with Crippen LogP contribution in [0.3, 0.4) is 0 Å². The van der Waals surface area contributed by atoms with E-state index in [4.69, 9.17) is 4.42 Å². The van der Waals surface area contributed by atoms with Gasteiger partial charge in [0.25, 0.3) is 5.91 Å². The molecular formula is C14H9N3O3S. The van der Waals surface area contributed by atoms with E-state index >= 15 is 0 Å². The number of carbonyl (C=O) groups excluding carboxylic acids is 1. The lowest BCUT2D eigenvalue weighted by molar-refractivity contribution is 0.102. The van der Waals surface area contributed by atoms with Crippen molar-refractivity contribution in [1.82, 2.24) is 9.97 Å². The average Bonchev–Trinajstić information content (AvgIpc) is 3.04. The largest absolute Gasteiger partial charge is 0.420 e. The molecule has 104 valence electrons. The van der Waals surface area contributed by atoms with Gasteiger partial charge in [0.15, 0.2) is 0 Å². The quantitative estimate of drug-likeness (QED) is 0.802. The van der Waals surface area contributed by atoms with Crippen LogP contribution >= 0.6 is 11.3 Å². The number of hydrogen-bond acceptors (Lipinski definition) is 6.